The monoisotopic (exact) mass is 363 g/mol. The lowest BCUT2D eigenvalue weighted by Crippen LogP contribution is -2.13. The minimum absolute atomic E-state index is 0.0281. The molecule has 0 bridgehead atoms. The van der Waals surface area contributed by atoms with Gasteiger partial charge < -0.3 is 0 Å². The standard InChI is InChI=1S/C11H11BrClN3O2S/c12-7-10-8-16(15-14-10)5-6-19(17,18)11-3-1-9(13)2-4-11/h1-4,8H,5-7H2. The van der Waals surface area contributed by atoms with Crippen molar-refractivity contribution in [1.82, 2.24) is 15.0 Å². The SMILES string of the molecule is O=S(=O)(CCn1cc(CBr)nn1)c1ccc(Cl)cc1. The Morgan fingerprint density at radius 1 is 1.26 bits per heavy atom. The number of rotatable bonds is 5. The summed E-state index contributed by atoms with van der Waals surface area (Å²) < 4.78 is 25.7. The molecule has 19 heavy (non-hydrogen) atoms. The molecule has 0 atom stereocenters. The van der Waals surface area contributed by atoms with Crippen LogP contribution in [0.15, 0.2) is 35.4 Å². The van der Waals surface area contributed by atoms with Crippen LogP contribution < -0.4 is 0 Å². The highest BCUT2D eigenvalue weighted by Crippen LogP contribution is 2.15. The number of hydrogen-bond acceptors (Lipinski definition) is 4. The van der Waals surface area contributed by atoms with E-state index in [9.17, 15) is 8.42 Å². The van der Waals surface area contributed by atoms with E-state index in [1.165, 1.54) is 16.8 Å². The van der Waals surface area contributed by atoms with Gasteiger partial charge in [0.1, 0.15) is 0 Å². The van der Waals surface area contributed by atoms with Crippen LogP contribution in [0.1, 0.15) is 5.69 Å². The summed E-state index contributed by atoms with van der Waals surface area (Å²) in [6, 6.07) is 6.13. The van der Waals surface area contributed by atoms with E-state index < -0.39 is 9.84 Å². The van der Waals surface area contributed by atoms with E-state index in [0.29, 0.717) is 10.4 Å². The van der Waals surface area contributed by atoms with Crippen molar-refractivity contribution in [2.75, 3.05) is 5.75 Å². The summed E-state index contributed by atoms with van der Waals surface area (Å²) in [5.41, 5.74) is 0.767. The maximum atomic E-state index is 12.1. The predicted molar refractivity (Wildman–Crippen MR) is 76.2 cm³/mol. The van der Waals surface area contributed by atoms with Gasteiger partial charge >= 0.3 is 0 Å². The highest BCUT2D eigenvalue weighted by atomic mass is 79.9. The van der Waals surface area contributed by atoms with Crippen LogP contribution in [0.25, 0.3) is 0 Å². The highest BCUT2D eigenvalue weighted by molar-refractivity contribution is 9.08. The van der Waals surface area contributed by atoms with Gasteiger partial charge in [0.2, 0.25) is 0 Å². The smallest absolute Gasteiger partial charge is 0.180 e. The van der Waals surface area contributed by atoms with E-state index in [2.05, 4.69) is 26.2 Å². The summed E-state index contributed by atoms with van der Waals surface area (Å²) >= 11 is 8.99. The molecule has 8 heteroatoms. The van der Waals surface area contributed by atoms with Crippen molar-refractivity contribution in [1.29, 1.82) is 0 Å². The van der Waals surface area contributed by atoms with Crippen LogP contribution in [0.2, 0.25) is 5.02 Å². The van der Waals surface area contributed by atoms with Crippen molar-refractivity contribution in [3.8, 4) is 0 Å². The van der Waals surface area contributed by atoms with Crippen molar-refractivity contribution in [3.05, 3.63) is 41.2 Å². The maximum absolute atomic E-state index is 12.1. The molecule has 0 radical (unpaired) electrons. The molecule has 0 N–H and O–H groups in total. The molecule has 0 aliphatic rings. The van der Waals surface area contributed by atoms with Gasteiger partial charge in [-0.2, -0.15) is 0 Å². The van der Waals surface area contributed by atoms with E-state index in [-0.39, 0.29) is 17.2 Å². The molecular weight excluding hydrogens is 354 g/mol. The van der Waals surface area contributed by atoms with Gasteiger partial charge in [0, 0.05) is 16.5 Å². The number of aromatic nitrogens is 3. The number of nitrogens with zero attached hydrogens (tertiary/aromatic N) is 3. The Morgan fingerprint density at radius 2 is 1.95 bits per heavy atom. The Bertz CT molecular complexity index is 655. The fourth-order valence-electron chi connectivity index (χ4n) is 1.48. The molecule has 0 fully saturated rings. The molecule has 102 valence electrons. The molecule has 0 aliphatic carbocycles. The quantitative estimate of drug-likeness (QED) is 0.764. The van der Waals surface area contributed by atoms with Crippen molar-refractivity contribution in [2.45, 2.75) is 16.8 Å². The van der Waals surface area contributed by atoms with Crippen molar-refractivity contribution >= 4 is 37.4 Å². The largest absolute Gasteiger partial charge is 0.251 e. The molecule has 0 saturated heterocycles. The first-order valence-corrected chi connectivity index (χ1v) is 8.60. The van der Waals surface area contributed by atoms with Crippen LogP contribution in [0.5, 0.6) is 0 Å². The maximum Gasteiger partial charge on any atom is 0.180 e. The fourth-order valence-corrected chi connectivity index (χ4v) is 3.08. The Balaban J connectivity index is 2.07. The second-order valence-corrected chi connectivity index (χ2v) is 6.99. The van der Waals surface area contributed by atoms with Gasteiger partial charge in [0.05, 0.1) is 22.9 Å². The van der Waals surface area contributed by atoms with E-state index in [1.807, 2.05) is 0 Å². The molecule has 1 aromatic heterocycles. The highest BCUT2D eigenvalue weighted by Gasteiger charge is 2.14. The van der Waals surface area contributed by atoms with E-state index in [0.717, 1.165) is 5.69 Å². The van der Waals surface area contributed by atoms with Crippen molar-refractivity contribution in [3.63, 3.8) is 0 Å². The number of halogens is 2. The first-order valence-electron chi connectivity index (χ1n) is 5.44. The number of sulfone groups is 1. The van der Waals surface area contributed by atoms with Gasteiger partial charge in [-0.15, -0.1) is 5.10 Å². The van der Waals surface area contributed by atoms with E-state index in [4.69, 9.17) is 11.6 Å². The third-order valence-corrected chi connectivity index (χ3v) is 5.02. The molecule has 2 rings (SSSR count). The van der Waals surface area contributed by atoms with Crippen LogP contribution in [0, 0.1) is 0 Å². The van der Waals surface area contributed by atoms with Gasteiger partial charge in [0.15, 0.2) is 9.84 Å². The Labute approximate surface area is 124 Å². The van der Waals surface area contributed by atoms with Crippen molar-refractivity contribution < 1.29 is 8.42 Å². The first kappa shape index (κ1) is 14.5. The van der Waals surface area contributed by atoms with Crippen LogP contribution in [0.4, 0.5) is 0 Å². The molecule has 1 heterocycles. The Kier molecular flexibility index (Phi) is 4.59. The average molecular weight is 365 g/mol. The lowest BCUT2D eigenvalue weighted by Gasteiger charge is -2.04. The molecule has 0 spiro atoms. The summed E-state index contributed by atoms with van der Waals surface area (Å²) in [5, 5.41) is 8.83. The first-order chi connectivity index (χ1) is 9.01. The second kappa shape index (κ2) is 6.02. The third kappa shape index (κ3) is 3.77. The molecular formula is C11H11BrClN3O2S. The number of hydrogen-bond donors (Lipinski definition) is 0. The molecule has 2 aromatic rings. The Hall–Kier alpha value is -0.920. The fraction of sp³-hybridized carbons (Fsp3) is 0.273. The minimum Gasteiger partial charge on any atom is -0.251 e. The summed E-state index contributed by atoms with van der Waals surface area (Å²) in [6.07, 6.45) is 1.71. The molecule has 0 saturated carbocycles. The zero-order valence-electron chi connectivity index (χ0n) is 9.83. The molecule has 0 unspecified atom stereocenters. The molecule has 0 aliphatic heterocycles. The molecule has 5 nitrogen and oxygen atoms in total. The van der Waals surface area contributed by atoms with Crippen LogP contribution in [-0.4, -0.2) is 29.2 Å². The number of benzene rings is 1. The summed E-state index contributed by atoms with van der Waals surface area (Å²) in [5.74, 6) is -0.0281. The number of aryl methyl sites for hydroxylation is 1. The van der Waals surface area contributed by atoms with Gasteiger partial charge in [-0.05, 0) is 24.3 Å². The van der Waals surface area contributed by atoms with Gasteiger partial charge in [0.25, 0.3) is 0 Å². The number of alkyl halides is 1. The zero-order valence-corrected chi connectivity index (χ0v) is 13.0. The summed E-state index contributed by atoms with van der Waals surface area (Å²) in [4.78, 5) is 0.262. The lowest BCUT2D eigenvalue weighted by atomic mass is 10.4. The Morgan fingerprint density at radius 3 is 2.53 bits per heavy atom. The van der Waals surface area contributed by atoms with Gasteiger partial charge in [-0.1, -0.05) is 32.7 Å². The normalized spacial score (nSPS) is 11.7. The molecule has 0 amide bonds. The lowest BCUT2D eigenvalue weighted by molar-refractivity contribution is 0.575. The van der Waals surface area contributed by atoms with E-state index >= 15 is 0 Å². The minimum atomic E-state index is -3.33. The van der Waals surface area contributed by atoms with Crippen LogP contribution in [-0.2, 0) is 21.7 Å². The van der Waals surface area contributed by atoms with Crippen LogP contribution in [0.3, 0.4) is 0 Å². The zero-order chi connectivity index (χ0) is 13.9. The van der Waals surface area contributed by atoms with Crippen molar-refractivity contribution in [2.24, 2.45) is 0 Å². The predicted octanol–water partition coefficient (Wildman–Crippen LogP) is 2.30. The summed E-state index contributed by atoms with van der Waals surface area (Å²) in [6.45, 7) is 0.269. The topological polar surface area (TPSA) is 64.8 Å². The summed E-state index contributed by atoms with van der Waals surface area (Å²) in [7, 11) is -3.33. The van der Waals surface area contributed by atoms with Gasteiger partial charge in [-0.3, -0.25) is 4.68 Å². The van der Waals surface area contributed by atoms with Gasteiger partial charge in [-0.25, -0.2) is 8.42 Å². The third-order valence-electron chi connectivity index (χ3n) is 2.48. The molecule has 1 aromatic carbocycles. The second-order valence-electron chi connectivity index (χ2n) is 3.88. The average Bonchev–Trinajstić information content (AvgIpc) is 2.85. The van der Waals surface area contributed by atoms with E-state index in [1.54, 1.807) is 18.3 Å². The van der Waals surface area contributed by atoms with Crippen LogP contribution >= 0.6 is 27.5 Å².